The first-order valence-corrected chi connectivity index (χ1v) is 7.99. The van der Waals surface area contributed by atoms with E-state index >= 15 is 0 Å². The summed E-state index contributed by atoms with van der Waals surface area (Å²) in [6.45, 7) is 5.31. The van der Waals surface area contributed by atoms with Crippen molar-refractivity contribution in [1.82, 2.24) is 0 Å². The Kier molecular flexibility index (Phi) is 3.92. The molecule has 5 nitrogen and oxygen atoms in total. The molecular weight excluding hydrogens is 284 g/mol. The van der Waals surface area contributed by atoms with Crippen molar-refractivity contribution >= 4 is 0 Å². The van der Waals surface area contributed by atoms with E-state index in [1.807, 2.05) is 0 Å². The van der Waals surface area contributed by atoms with Crippen LogP contribution in [0, 0.1) is 11.8 Å². The fourth-order valence-electron chi connectivity index (χ4n) is 2.83. The van der Waals surface area contributed by atoms with E-state index in [0.29, 0.717) is 44.4 Å². The summed E-state index contributed by atoms with van der Waals surface area (Å²) < 4.78 is 27.9. The van der Waals surface area contributed by atoms with Crippen molar-refractivity contribution in [3.63, 3.8) is 0 Å². The highest BCUT2D eigenvalue weighted by atomic mass is 17.0. The second-order valence-electron chi connectivity index (χ2n) is 6.48. The molecule has 0 radical (unpaired) electrons. The van der Waals surface area contributed by atoms with Crippen molar-refractivity contribution in [1.29, 1.82) is 0 Å². The molecule has 3 aliphatic rings. The molecule has 1 aromatic carbocycles. The number of ether oxygens (including phenoxy) is 5. The molecule has 3 aliphatic heterocycles. The molecular formula is C17H22O5. The zero-order valence-corrected chi connectivity index (χ0v) is 12.8. The summed E-state index contributed by atoms with van der Waals surface area (Å²) in [7, 11) is 0. The van der Waals surface area contributed by atoms with Gasteiger partial charge >= 0.3 is 6.16 Å². The third-order valence-corrected chi connectivity index (χ3v) is 4.29. The zero-order valence-electron chi connectivity index (χ0n) is 12.8. The lowest BCUT2D eigenvalue weighted by Crippen LogP contribution is -2.52. The van der Waals surface area contributed by atoms with Gasteiger partial charge in [0.15, 0.2) is 0 Å². The van der Waals surface area contributed by atoms with Gasteiger partial charge in [-0.25, -0.2) is 0 Å². The van der Waals surface area contributed by atoms with Crippen LogP contribution in [0.3, 0.4) is 0 Å². The van der Waals surface area contributed by atoms with Gasteiger partial charge in [-0.2, -0.15) is 0 Å². The minimum atomic E-state index is -1.25. The number of epoxide rings is 1. The summed E-state index contributed by atoms with van der Waals surface area (Å²) in [6.07, 6.45) is -0.00711. The number of hydrogen-bond acceptors (Lipinski definition) is 5. The summed E-state index contributed by atoms with van der Waals surface area (Å²) in [4.78, 5) is 0. The van der Waals surface area contributed by atoms with Crippen LogP contribution in [0.15, 0.2) is 24.3 Å². The van der Waals surface area contributed by atoms with Crippen molar-refractivity contribution in [2.24, 2.45) is 11.8 Å². The van der Waals surface area contributed by atoms with Gasteiger partial charge in [-0.3, -0.25) is 0 Å². The van der Waals surface area contributed by atoms with Crippen LogP contribution in [0.2, 0.25) is 0 Å². The van der Waals surface area contributed by atoms with E-state index in [1.165, 1.54) is 11.1 Å². The van der Waals surface area contributed by atoms with E-state index in [0.717, 1.165) is 13.0 Å². The topological polar surface area (TPSA) is 49.5 Å². The van der Waals surface area contributed by atoms with Crippen LogP contribution < -0.4 is 0 Å². The second-order valence-corrected chi connectivity index (χ2v) is 6.48. The molecule has 1 aromatic rings. The zero-order chi connectivity index (χ0) is 15.0. The van der Waals surface area contributed by atoms with E-state index in [4.69, 9.17) is 23.7 Å². The van der Waals surface area contributed by atoms with Gasteiger partial charge in [0.1, 0.15) is 6.10 Å². The van der Waals surface area contributed by atoms with Gasteiger partial charge in [-0.15, -0.1) is 0 Å². The lowest BCUT2D eigenvalue weighted by atomic mass is 9.99. The van der Waals surface area contributed by atoms with E-state index in [-0.39, 0.29) is 0 Å². The lowest BCUT2D eigenvalue weighted by Gasteiger charge is -2.41. The van der Waals surface area contributed by atoms with Crippen LogP contribution in [-0.2, 0) is 30.1 Å². The summed E-state index contributed by atoms with van der Waals surface area (Å²) in [5.41, 5.74) is 2.55. The van der Waals surface area contributed by atoms with Gasteiger partial charge in [0.2, 0.25) is 0 Å². The quantitative estimate of drug-likeness (QED) is 0.802. The first-order chi connectivity index (χ1) is 10.7. The molecule has 0 bridgehead atoms. The van der Waals surface area contributed by atoms with Crippen LogP contribution in [0.5, 0.6) is 0 Å². The Balaban J connectivity index is 1.30. The molecule has 5 heteroatoms. The van der Waals surface area contributed by atoms with E-state index in [1.54, 1.807) is 0 Å². The molecule has 0 aliphatic carbocycles. The Bertz CT molecular complexity index is 492. The predicted octanol–water partition coefficient (Wildman–Crippen LogP) is 2.26. The largest absolute Gasteiger partial charge is 0.412 e. The first-order valence-electron chi connectivity index (χ1n) is 7.99. The molecule has 0 aromatic heterocycles. The molecule has 0 amide bonds. The van der Waals surface area contributed by atoms with Gasteiger partial charge in [0.25, 0.3) is 0 Å². The maximum Gasteiger partial charge on any atom is 0.412 e. The molecule has 1 unspecified atom stereocenters. The summed E-state index contributed by atoms with van der Waals surface area (Å²) in [5.74, 6) is 0.699. The summed E-state index contributed by atoms with van der Waals surface area (Å²) >= 11 is 0. The Morgan fingerprint density at radius 2 is 1.50 bits per heavy atom. The highest BCUT2D eigenvalue weighted by molar-refractivity contribution is 5.26. The van der Waals surface area contributed by atoms with E-state index < -0.39 is 6.16 Å². The van der Waals surface area contributed by atoms with Crippen LogP contribution in [-0.4, -0.2) is 39.2 Å². The van der Waals surface area contributed by atoms with Gasteiger partial charge in [0.05, 0.1) is 33.0 Å². The van der Waals surface area contributed by atoms with Crippen molar-refractivity contribution in [3.05, 3.63) is 35.4 Å². The molecule has 0 N–H and O–H groups in total. The molecule has 0 saturated carbocycles. The summed E-state index contributed by atoms with van der Waals surface area (Å²) in [5, 5.41) is 0. The second kappa shape index (κ2) is 5.91. The van der Waals surface area contributed by atoms with Crippen molar-refractivity contribution in [2.75, 3.05) is 33.0 Å². The average Bonchev–Trinajstić information content (AvgIpc) is 3.39. The molecule has 3 fully saturated rings. The number of rotatable bonds is 3. The lowest BCUT2D eigenvalue weighted by molar-refractivity contribution is -0.534. The monoisotopic (exact) mass is 306 g/mol. The van der Waals surface area contributed by atoms with Crippen LogP contribution in [0.4, 0.5) is 0 Å². The average molecular weight is 306 g/mol. The molecule has 120 valence electrons. The predicted molar refractivity (Wildman–Crippen MR) is 78.0 cm³/mol. The molecule has 1 atom stereocenters. The van der Waals surface area contributed by atoms with E-state index in [2.05, 4.69) is 31.2 Å². The molecule has 3 saturated heterocycles. The normalized spacial score (nSPS) is 38.1. The third-order valence-electron chi connectivity index (χ3n) is 4.29. The Morgan fingerprint density at radius 1 is 0.909 bits per heavy atom. The first kappa shape index (κ1) is 14.6. The smallest absolute Gasteiger partial charge is 0.368 e. The van der Waals surface area contributed by atoms with Gasteiger partial charge in [0, 0.05) is 11.8 Å². The third kappa shape index (κ3) is 3.19. The molecule has 22 heavy (non-hydrogen) atoms. The number of benzene rings is 1. The Morgan fingerprint density at radius 3 is 2.09 bits per heavy atom. The SMILES string of the molecule is CC1COC2(OC1)OCC(Cc1ccc(C3CO3)cc1)CO2. The highest BCUT2D eigenvalue weighted by Crippen LogP contribution is 2.32. The maximum absolute atomic E-state index is 5.72. The standard InChI is InChI=1S/C17H22O5/c1-12-7-19-17(20-8-12)21-9-14(10-22-17)6-13-2-4-15(5-3-13)16-11-18-16/h2-5,12,14,16H,6-11H2,1H3. The van der Waals surface area contributed by atoms with Gasteiger partial charge in [-0.1, -0.05) is 31.2 Å². The summed E-state index contributed by atoms with van der Waals surface area (Å²) in [6, 6.07) is 8.62. The van der Waals surface area contributed by atoms with E-state index in [9.17, 15) is 0 Å². The fourth-order valence-corrected chi connectivity index (χ4v) is 2.83. The van der Waals surface area contributed by atoms with Crippen LogP contribution in [0.1, 0.15) is 24.2 Å². The minimum absolute atomic E-state index is 0.318. The van der Waals surface area contributed by atoms with Crippen molar-refractivity contribution < 1.29 is 23.7 Å². The Labute approximate surface area is 130 Å². The molecule has 1 spiro atoms. The molecule has 3 heterocycles. The highest BCUT2D eigenvalue weighted by Gasteiger charge is 2.44. The number of hydrogen-bond donors (Lipinski definition) is 0. The Hall–Kier alpha value is -0.980. The van der Waals surface area contributed by atoms with Gasteiger partial charge in [-0.05, 0) is 17.5 Å². The molecule has 4 rings (SSSR count). The van der Waals surface area contributed by atoms with Gasteiger partial charge < -0.3 is 23.7 Å². The van der Waals surface area contributed by atoms with Crippen molar-refractivity contribution in [2.45, 2.75) is 25.6 Å². The van der Waals surface area contributed by atoms with Crippen LogP contribution in [0.25, 0.3) is 0 Å². The maximum atomic E-state index is 5.72. The minimum Gasteiger partial charge on any atom is -0.368 e. The van der Waals surface area contributed by atoms with Crippen molar-refractivity contribution in [3.8, 4) is 0 Å². The van der Waals surface area contributed by atoms with Crippen LogP contribution >= 0.6 is 0 Å². The fraction of sp³-hybridized carbons (Fsp3) is 0.647.